The molecule has 1 aromatic heterocycles. The molecule has 1 aromatic carbocycles. The van der Waals surface area contributed by atoms with Gasteiger partial charge in [0.1, 0.15) is 5.82 Å². The fourth-order valence-corrected chi connectivity index (χ4v) is 2.16. The number of pyridine rings is 1. The van der Waals surface area contributed by atoms with Crippen LogP contribution in [-0.2, 0) is 6.42 Å². The fourth-order valence-electron chi connectivity index (χ4n) is 1.65. The number of anilines is 2. The second kappa shape index (κ2) is 5.18. The van der Waals surface area contributed by atoms with Crippen LogP contribution in [0.3, 0.4) is 0 Å². The Balaban J connectivity index is 2.25. The Morgan fingerprint density at radius 3 is 2.72 bits per heavy atom. The third-order valence-corrected chi connectivity index (χ3v) is 2.98. The Labute approximate surface area is 113 Å². The number of nitrogens with two attached hydrogens (primary N) is 2. The van der Waals surface area contributed by atoms with Crippen LogP contribution in [-0.4, -0.2) is 10.8 Å². The number of Topliss-reactive ketones (excluding diaryl/α,β-unsaturated/α-hetero) is 1. The second-order valence-corrected chi connectivity index (χ2v) is 4.84. The van der Waals surface area contributed by atoms with E-state index >= 15 is 0 Å². The SMILES string of the molecule is Nc1cc(Br)cc(C(=O)Cc2cccnc2N)c1. The van der Waals surface area contributed by atoms with Gasteiger partial charge in [0.25, 0.3) is 0 Å². The molecule has 5 heteroatoms. The predicted molar refractivity (Wildman–Crippen MR) is 75.2 cm³/mol. The number of halogens is 1. The largest absolute Gasteiger partial charge is 0.399 e. The van der Waals surface area contributed by atoms with E-state index in [1.807, 2.05) is 0 Å². The molecule has 1 heterocycles. The quantitative estimate of drug-likeness (QED) is 0.674. The Hall–Kier alpha value is -1.88. The van der Waals surface area contributed by atoms with Crippen molar-refractivity contribution in [1.29, 1.82) is 0 Å². The summed E-state index contributed by atoms with van der Waals surface area (Å²) in [5.41, 5.74) is 13.2. The van der Waals surface area contributed by atoms with Gasteiger partial charge in [0.05, 0.1) is 0 Å². The van der Waals surface area contributed by atoms with Crippen LogP contribution in [0.1, 0.15) is 15.9 Å². The Morgan fingerprint density at radius 2 is 2.06 bits per heavy atom. The lowest BCUT2D eigenvalue weighted by atomic mass is 10.0. The van der Waals surface area contributed by atoms with Crippen molar-refractivity contribution < 1.29 is 4.79 Å². The number of nitrogens with zero attached hydrogens (tertiary/aromatic N) is 1. The number of hydrogen-bond acceptors (Lipinski definition) is 4. The average molecular weight is 306 g/mol. The first-order chi connectivity index (χ1) is 8.56. The van der Waals surface area contributed by atoms with Gasteiger partial charge in [-0.25, -0.2) is 4.98 Å². The molecule has 0 atom stereocenters. The molecule has 0 saturated carbocycles. The van der Waals surface area contributed by atoms with E-state index in [-0.39, 0.29) is 12.2 Å². The Bertz CT molecular complexity index is 578. The van der Waals surface area contributed by atoms with Gasteiger partial charge >= 0.3 is 0 Å². The summed E-state index contributed by atoms with van der Waals surface area (Å²) in [7, 11) is 0. The van der Waals surface area contributed by atoms with Crippen molar-refractivity contribution in [2.75, 3.05) is 11.5 Å². The molecule has 4 N–H and O–H groups in total. The molecular weight excluding hydrogens is 294 g/mol. The zero-order valence-corrected chi connectivity index (χ0v) is 11.1. The van der Waals surface area contributed by atoms with Crippen molar-refractivity contribution in [3.63, 3.8) is 0 Å². The monoisotopic (exact) mass is 305 g/mol. The van der Waals surface area contributed by atoms with E-state index in [2.05, 4.69) is 20.9 Å². The minimum atomic E-state index is -0.0392. The summed E-state index contributed by atoms with van der Waals surface area (Å²) in [5.74, 6) is 0.344. The number of hydrogen-bond donors (Lipinski definition) is 2. The maximum absolute atomic E-state index is 12.1. The molecule has 0 bridgehead atoms. The molecule has 2 rings (SSSR count). The molecule has 0 aliphatic carbocycles. The number of carbonyl (C=O) groups is 1. The van der Waals surface area contributed by atoms with Gasteiger partial charge in [-0.05, 0) is 24.3 Å². The van der Waals surface area contributed by atoms with Crippen molar-refractivity contribution in [2.45, 2.75) is 6.42 Å². The normalized spacial score (nSPS) is 10.3. The van der Waals surface area contributed by atoms with Gasteiger partial charge in [-0.2, -0.15) is 0 Å². The van der Waals surface area contributed by atoms with Crippen LogP contribution in [0.5, 0.6) is 0 Å². The lowest BCUT2D eigenvalue weighted by Gasteiger charge is -2.05. The average Bonchev–Trinajstić information content (AvgIpc) is 2.31. The third-order valence-electron chi connectivity index (χ3n) is 2.52. The topological polar surface area (TPSA) is 82.0 Å². The van der Waals surface area contributed by atoms with E-state index in [9.17, 15) is 4.79 Å². The smallest absolute Gasteiger partial charge is 0.167 e. The van der Waals surface area contributed by atoms with Crippen LogP contribution in [0.25, 0.3) is 0 Å². The molecule has 18 heavy (non-hydrogen) atoms. The van der Waals surface area contributed by atoms with Gasteiger partial charge in [0, 0.05) is 33.9 Å². The van der Waals surface area contributed by atoms with Crippen LogP contribution < -0.4 is 11.5 Å². The first kappa shape index (κ1) is 12.6. The Kier molecular flexibility index (Phi) is 3.62. The molecule has 4 nitrogen and oxygen atoms in total. The predicted octanol–water partition coefficient (Wildman–Crippen LogP) is 2.43. The zero-order valence-electron chi connectivity index (χ0n) is 9.56. The number of nitrogen functional groups attached to an aromatic ring is 2. The maximum atomic E-state index is 12.1. The van der Waals surface area contributed by atoms with Crippen LogP contribution in [0, 0.1) is 0 Å². The molecule has 0 saturated heterocycles. The highest BCUT2D eigenvalue weighted by Gasteiger charge is 2.10. The molecule has 0 radical (unpaired) electrons. The van der Waals surface area contributed by atoms with Crippen LogP contribution in [0.4, 0.5) is 11.5 Å². The molecule has 0 aliphatic rings. The van der Waals surface area contributed by atoms with Gasteiger partial charge in [-0.3, -0.25) is 4.79 Å². The van der Waals surface area contributed by atoms with Crippen molar-refractivity contribution in [3.05, 3.63) is 52.1 Å². The van der Waals surface area contributed by atoms with Crippen molar-refractivity contribution in [3.8, 4) is 0 Å². The van der Waals surface area contributed by atoms with E-state index in [0.29, 0.717) is 17.1 Å². The fraction of sp³-hybridized carbons (Fsp3) is 0.0769. The Morgan fingerprint density at radius 1 is 1.28 bits per heavy atom. The highest BCUT2D eigenvalue weighted by molar-refractivity contribution is 9.10. The minimum absolute atomic E-state index is 0.0392. The first-order valence-corrected chi connectivity index (χ1v) is 6.14. The lowest BCUT2D eigenvalue weighted by molar-refractivity contribution is 0.0993. The number of benzene rings is 1. The summed E-state index contributed by atoms with van der Waals surface area (Å²) in [6.07, 6.45) is 1.82. The minimum Gasteiger partial charge on any atom is -0.399 e. The number of rotatable bonds is 3. The van der Waals surface area contributed by atoms with Gasteiger partial charge in [0.2, 0.25) is 0 Å². The van der Waals surface area contributed by atoms with E-state index in [1.165, 1.54) is 0 Å². The number of carbonyl (C=O) groups excluding carboxylic acids is 1. The second-order valence-electron chi connectivity index (χ2n) is 3.92. The van der Waals surface area contributed by atoms with Crippen molar-refractivity contribution in [2.24, 2.45) is 0 Å². The summed E-state index contributed by atoms with van der Waals surface area (Å²) in [5, 5.41) is 0. The van der Waals surface area contributed by atoms with Crippen molar-refractivity contribution in [1.82, 2.24) is 4.98 Å². The summed E-state index contributed by atoms with van der Waals surface area (Å²) >= 11 is 3.31. The van der Waals surface area contributed by atoms with Crippen LogP contribution in [0.15, 0.2) is 41.0 Å². The van der Waals surface area contributed by atoms with E-state index < -0.39 is 0 Å². The third kappa shape index (κ3) is 2.87. The van der Waals surface area contributed by atoms with Gasteiger partial charge < -0.3 is 11.5 Å². The summed E-state index contributed by atoms with van der Waals surface area (Å²) < 4.78 is 0.782. The molecule has 0 aliphatic heterocycles. The highest BCUT2D eigenvalue weighted by Crippen LogP contribution is 2.19. The molecular formula is C13H12BrN3O. The van der Waals surface area contributed by atoms with E-state index in [4.69, 9.17) is 11.5 Å². The highest BCUT2D eigenvalue weighted by atomic mass is 79.9. The standard InChI is InChI=1S/C13H12BrN3O/c14-10-4-9(5-11(15)7-10)12(18)6-8-2-1-3-17-13(8)16/h1-5,7H,6,15H2,(H2,16,17). The maximum Gasteiger partial charge on any atom is 0.167 e. The van der Waals surface area contributed by atoms with Crippen LogP contribution in [0.2, 0.25) is 0 Å². The summed E-state index contributed by atoms with van der Waals surface area (Å²) in [4.78, 5) is 16.1. The zero-order chi connectivity index (χ0) is 13.1. The number of aromatic nitrogens is 1. The molecule has 2 aromatic rings. The molecule has 0 fully saturated rings. The molecule has 0 unspecified atom stereocenters. The van der Waals surface area contributed by atoms with E-state index in [1.54, 1.807) is 36.5 Å². The number of ketones is 1. The molecule has 0 spiro atoms. The van der Waals surface area contributed by atoms with Crippen molar-refractivity contribution >= 4 is 33.2 Å². The first-order valence-electron chi connectivity index (χ1n) is 5.35. The lowest BCUT2D eigenvalue weighted by Crippen LogP contribution is -2.07. The van der Waals surface area contributed by atoms with Crippen LogP contribution >= 0.6 is 15.9 Å². The molecule has 0 amide bonds. The van der Waals surface area contributed by atoms with Gasteiger partial charge in [0.15, 0.2) is 5.78 Å². The van der Waals surface area contributed by atoms with Gasteiger partial charge in [-0.15, -0.1) is 0 Å². The summed E-state index contributed by atoms with van der Waals surface area (Å²) in [6.45, 7) is 0. The van der Waals surface area contributed by atoms with E-state index in [0.717, 1.165) is 10.0 Å². The molecule has 92 valence electrons. The summed E-state index contributed by atoms with van der Waals surface area (Å²) in [6, 6.07) is 8.69. The van der Waals surface area contributed by atoms with Gasteiger partial charge in [-0.1, -0.05) is 22.0 Å².